The molecule has 0 unspecified atom stereocenters. The molecule has 0 saturated heterocycles. The number of benzene rings is 1. The molecule has 2 aromatic heterocycles. The molecule has 6 heteroatoms. The molecule has 3 aromatic rings. The minimum Gasteiger partial charge on any atom is -0.310 e. The molecule has 0 saturated carbocycles. The van der Waals surface area contributed by atoms with Crippen LogP contribution in [-0.4, -0.2) is 26.4 Å². The summed E-state index contributed by atoms with van der Waals surface area (Å²) in [6.07, 6.45) is 3.64. The van der Waals surface area contributed by atoms with Gasteiger partial charge in [-0.2, -0.15) is 5.10 Å². The van der Waals surface area contributed by atoms with Crippen LogP contribution in [0.4, 0.5) is 5.82 Å². The van der Waals surface area contributed by atoms with E-state index in [9.17, 15) is 4.79 Å². The van der Waals surface area contributed by atoms with Crippen molar-refractivity contribution in [2.45, 2.75) is 5.25 Å². The van der Waals surface area contributed by atoms with Crippen LogP contribution in [-0.2, 0) is 11.8 Å². The van der Waals surface area contributed by atoms with E-state index in [0.717, 1.165) is 27.8 Å². The third kappa shape index (κ3) is 2.16. The summed E-state index contributed by atoms with van der Waals surface area (Å²) in [5, 5.41) is 8.42. The van der Waals surface area contributed by atoms with Gasteiger partial charge in [-0.05, 0) is 23.8 Å². The zero-order chi connectivity index (χ0) is 15.1. The molecule has 1 amide bonds. The fraction of sp³-hybridized carbons (Fsp3) is 0.188. The predicted octanol–water partition coefficient (Wildman–Crippen LogP) is 2.74. The Morgan fingerprint density at radius 2 is 2.27 bits per heavy atom. The molecule has 1 aliphatic heterocycles. The van der Waals surface area contributed by atoms with Crippen molar-refractivity contribution in [2.24, 2.45) is 7.05 Å². The van der Waals surface area contributed by atoms with E-state index in [0.29, 0.717) is 5.75 Å². The fourth-order valence-corrected chi connectivity index (χ4v) is 3.83. The average molecular weight is 310 g/mol. The van der Waals surface area contributed by atoms with E-state index in [-0.39, 0.29) is 11.2 Å². The van der Waals surface area contributed by atoms with Gasteiger partial charge in [-0.1, -0.05) is 12.1 Å². The summed E-state index contributed by atoms with van der Waals surface area (Å²) in [6, 6.07) is 10.3. The highest BCUT2D eigenvalue weighted by molar-refractivity contribution is 8.00. The Labute approximate surface area is 131 Å². The summed E-state index contributed by atoms with van der Waals surface area (Å²) in [6.45, 7) is 0. The third-order valence-corrected chi connectivity index (χ3v) is 5.11. The first kappa shape index (κ1) is 13.3. The summed E-state index contributed by atoms with van der Waals surface area (Å²) in [7, 11) is 1.84. The summed E-state index contributed by atoms with van der Waals surface area (Å²) in [5.74, 6) is 1.23. The van der Waals surface area contributed by atoms with E-state index in [1.165, 1.54) is 0 Å². The van der Waals surface area contributed by atoms with E-state index in [1.54, 1.807) is 22.6 Å². The van der Waals surface area contributed by atoms with Crippen molar-refractivity contribution < 1.29 is 4.79 Å². The average Bonchev–Trinajstić information content (AvgIpc) is 2.79. The summed E-state index contributed by atoms with van der Waals surface area (Å²) in [5.41, 5.74) is 3.18. The maximum Gasteiger partial charge on any atom is 0.235 e. The fourth-order valence-electron chi connectivity index (χ4n) is 2.75. The molecule has 1 aliphatic rings. The number of carbonyl (C=O) groups is 1. The molecule has 1 atom stereocenters. The number of thioether (sulfide) groups is 1. The van der Waals surface area contributed by atoms with Gasteiger partial charge < -0.3 is 5.32 Å². The standard InChI is InChI=1S/C16H14N4OS/c1-20-16-12(8-18-20)15(22-9-14(21)19-16)11-4-5-13-10(7-11)3-2-6-17-13/h2-8,15H,9H2,1H3,(H,19,21)/t15-/m1/s1. The highest BCUT2D eigenvalue weighted by atomic mass is 32.2. The van der Waals surface area contributed by atoms with Crippen LogP contribution < -0.4 is 5.32 Å². The number of hydrogen-bond donors (Lipinski definition) is 1. The van der Waals surface area contributed by atoms with Gasteiger partial charge in [0.1, 0.15) is 5.82 Å². The van der Waals surface area contributed by atoms with Crippen LogP contribution in [0.5, 0.6) is 0 Å². The molecular formula is C16H14N4OS. The van der Waals surface area contributed by atoms with Crippen LogP contribution in [0.25, 0.3) is 10.9 Å². The Kier molecular flexibility index (Phi) is 3.11. The molecule has 110 valence electrons. The quantitative estimate of drug-likeness (QED) is 0.751. The SMILES string of the molecule is Cn1ncc2c1NC(=O)CS[C@@H]2c1ccc2ncccc2c1. The summed E-state index contributed by atoms with van der Waals surface area (Å²) in [4.78, 5) is 16.3. The Hall–Kier alpha value is -2.34. The summed E-state index contributed by atoms with van der Waals surface area (Å²) >= 11 is 1.62. The van der Waals surface area contributed by atoms with Crippen molar-refractivity contribution in [3.05, 3.63) is 53.9 Å². The lowest BCUT2D eigenvalue weighted by Crippen LogP contribution is -2.15. The van der Waals surface area contributed by atoms with Crippen molar-refractivity contribution in [3.63, 3.8) is 0 Å². The van der Waals surface area contributed by atoms with Crippen LogP contribution in [0.1, 0.15) is 16.4 Å². The number of fused-ring (bicyclic) bond motifs is 2. The number of nitrogens with one attached hydrogen (secondary N) is 1. The first-order valence-electron chi connectivity index (χ1n) is 7.00. The lowest BCUT2D eigenvalue weighted by Gasteiger charge is -2.14. The van der Waals surface area contributed by atoms with Crippen LogP contribution >= 0.6 is 11.8 Å². The maximum absolute atomic E-state index is 11.9. The monoisotopic (exact) mass is 310 g/mol. The van der Waals surface area contributed by atoms with Crippen LogP contribution in [0.2, 0.25) is 0 Å². The largest absolute Gasteiger partial charge is 0.310 e. The smallest absolute Gasteiger partial charge is 0.235 e. The van der Waals surface area contributed by atoms with Crippen molar-refractivity contribution in [3.8, 4) is 0 Å². The Morgan fingerprint density at radius 1 is 1.36 bits per heavy atom. The Balaban J connectivity index is 1.84. The van der Waals surface area contributed by atoms with E-state index in [2.05, 4.69) is 33.6 Å². The molecule has 4 rings (SSSR count). The van der Waals surface area contributed by atoms with E-state index in [1.807, 2.05) is 25.4 Å². The van der Waals surface area contributed by atoms with Gasteiger partial charge in [0.05, 0.1) is 22.7 Å². The number of aromatic nitrogens is 3. The Bertz CT molecular complexity index is 873. The minimum atomic E-state index is 0.0137. The van der Waals surface area contributed by atoms with Gasteiger partial charge in [-0.3, -0.25) is 14.5 Å². The van der Waals surface area contributed by atoms with Crippen LogP contribution in [0.15, 0.2) is 42.7 Å². The predicted molar refractivity (Wildman–Crippen MR) is 87.9 cm³/mol. The topological polar surface area (TPSA) is 59.8 Å². The van der Waals surface area contributed by atoms with Gasteiger partial charge in [0.15, 0.2) is 0 Å². The molecular weight excluding hydrogens is 296 g/mol. The molecule has 3 heterocycles. The zero-order valence-electron chi connectivity index (χ0n) is 12.0. The van der Waals surface area contributed by atoms with E-state index in [4.69, 9.17) is 0 Å². The molecule has 0 fully saturated rings. The van der Waals surface area contributed by atoms with Crippen molar-refractivity contribution in [2.75, 3.05) is 11.1 Å². The molecule has 0 bridgehead atoms. The molecule has 0 aliphatic carbocycles. The number of rotatable bonds is 1. The number of pyridine rings is 1. The van der Waals surface area contributed by atoms with Crippen molar-refractivity contribution >= 4 is 34.4 Å². The number of amides is 1. The molecule has 22 heavy (non-hydrogen) atoms. The van der Waals surface area contributed by atoms with E-state index >= 15 is 0 Å². The lowest BCUT2D eigenvalue weighted by atomic mass is 10.0. The second kappa shape index (κ2) is 5.14. The lowest BCUT2D eigenvalue weighted by molar-refractivity contribution is -0.113. The molecule has 1 N–H and O–H groups in total. The molecule has 5 nitrogen and oxygen atoms in total. The maximum atomic E-state index is 11.9. The molecule has 1 aromatic carbocycles. The Morgan fingerprint density at radius 3 is 3.18 bits per heavy atom. The second-order valence-electron chi connectivity index (χ2n) is 5.27. The number of aryl methyl sites for hydroxylation is 1. The van der Waals surface area contributed by atoms with Gasteiger partial charge >= 0.3 is 0 Å². The van der Waals surface area contributed by atoms with Crippen molar-refractivity contribution in [1.29, 1.82) is 0 Å². The molecule has 0 spiro atoms. The number of hydrogen-bond acceptors (Lipinski definition) is 4. The third-order valence-electron chi connectivity index (χ3n) is 3.82. The van der Waals surface area contributed by atoms with E-state index < -0.39 is 0 Å². The number of anilines is 1. The number of nitrogens with zero attached hydrogens (tertiary/aromatic N) is 3. The van der Waals surface area contributed by atoms with Crippen LogP contribution in [0.3, 0.4) is 0 Å². The normalized spacial score (nSPS) is 17.9. The minimum absolute atomic E-state index is 0.0137. The molecule has 0 radical (unpaired) electrons. The second-order valence-corrected chi connectivity index (χ2v) is 6.36. The van der Waals surface area contributed by atoms with Gasteiger partial charge in [0.25, 0.3) is 0 Å². The highest BCUT2D eigenvalue weighted by Crippen LogP contribution is 2.41. The van der Waals surface area contributed by atoms with Crippen molar-refractivity contribution in [1.82, 2.24) is 14.8 Å². The van der Waals surface area contributed by atoms with Gasteiger partial charge in [0, 0.05) is 24.2 Å². The first-order chi connectivity index (χ1) is 10.7. The summed E-state index contributed by atoms with van der Waals surface area (Å²) < 4.78 is 1.72. The first-order valence-corrected chi connectivity index (χ1v) is 8.05. The zero-order valence-corrected chi connectivity index (χ0v) is 12.8. The van der Waals surface area contributed by atoms with Gasteiger partial charge in [0.2, 0.25) is 5.91 Å². The van der Waals surface area contributed by atoms with Gasteiger partial charge in [-0.25, -0.2) is 0 Å². The number of carbonyl (C=O) groups excluding carboxylic acids is 1. The van der Waals surface area contributed by atoms with Crippen LogP contribution in [0, 0.1) is 0 Å². The highest BCUT2D eigenvalue weighted by Gasteiger charge is 2.27. The van der Waals surface area contributed by atoms with Gasteiger partial charge in [-0.15, -0.1) is 11.8 Å².